The van der Waals surface area contributed by atoms with Gasteiger partial charge in [0.25, 0.3) is 0 Å². The van der Waals surface area contributed by atoms with Crippen molar-refractivity contribution in [3.8, 4) is 0 Å². The van der Waals surface area contributed by atoms with Crippen LogP contribution < -0.4 is 0 Å². The molecule has 1 rings (SSSR count). The predicted octanol–water partition coefficient (Wildman–Crippen LogP) is 8.65. The second-order valence-corrected chi connectivity index (χ2v) is 13.1. The zero-order valence-corrected chi connectivity index (χ0v) is 29.4. The highest BCUT2D eigenvalue weighted by molar-refractivity contribution is 4.70. The van der Waals surface area contributed by atoms with Gasteiger partial charge in [-0.3, -0.25) is 14.7 Å². The van der Waals surface area contributed by atoms with Gasteiger partial charge in [-0.05, 0) is 56.3 Å². The predicted molar refractivity (Wildman–Crippen MR) is 181 cm³/mol. The molecule has 0 amide bonds. The highest BCUT2D eigenvalue weighted by Gasteiger charge is 2.22. The first kappa shape index (κ1) is 39.8. The van der Waals surface area contributed by atoms with Gasteiger partial charge < -0.3 is 14.2 Å². The molecule has 0 bridgehead atoms. The molecule has 1 fully saturated rings. The third-order valence-corrected chi connectivity index (χ3v) is 9.32. The van der Waals surface area contributed by atoms with E-state index in [2.05, 4.69) is 56.2 Å². The largest absolute Gasteiger partial charge is 0.381 e. The monoisotopic (exact) mass is 598 g/mol. The Labute approximate surface area is 263 Å². The molecule has 6 heteroatoms. The number of hydrogen-bond donors (Lipinski definition) is 0. The van der Waals surface area contributed by atoms with Crippen LogP contribution in [-0.4, -0.2) is 94.0 Å². The van der Waals surface area contributed by atoms with E-state index in [1.165, 1.54) is 77.0 Å². The van der Waals surface area contributed by atoms with Gasteiger partial charge in [-0.1, -0.05) is 99.3 Å². The van der Waals surface area contributed by atoms with Gasteiger partial charge in [0.15, 0.2) is 0 Å². The molecule has 6 nitrogen and oxygen atoms in total. The maximum absolute atomic E-state index is 6.05. The normalized spacial score (nSPS) is 17.6. The van der Waals surface area contributed by atoms with Gasteiger partial charge in [0.2, 0.25) is 0 Å². The Hall–Kier alpha value is -0.240. The van der Waals surface area contributed by atoms with Crippen LogP contribution in [0.3, 0.4) is 0 Å². The fourth-order valence-electron chi connectivity index (χ4n) is 6.52. The van der Waals surface area contributed by atoms with Gasteiger partial charge in [-0.25, -0.2) is 0 Å². The van der Waals surface area contributed by atoms with Gasteiger partial charge in [0, 0.05) is 59.3 Å². The van der Waals surface area contributed by atoms with Crippen molar-refractivity contribution in [1.82, 2.24) is 14.7 Å². The van der Waals surface area contributed by atoms with Crippen LogP contribution in [-0.2, 0) is 14.2 Å². The summed E-state index contributed by atoms with van der Waals surface area (Å²) in [7, 11) is 0. The molecule has 0 spiro atoms. The average Bonchev–Trinajstić information content (AvgIpc) is 3.00. The minimum Gasteiger partial charge on any atom is -0.381 e. The number of rotatable bonds is 30. The summed E-state index contributed by atoms with van der Waals surface area (Å²) in [5, 5.41) is 0. The van der Waals surface area contributed by atoms with E-state index in [0.29, 0.717) is 0 Å². The van der Waals surface area contributed by atoms with Gasteiger partial charge in [0.05, 0.1) is 20.0 Å². The zero-order valence-electron chi connectivity index (χ0n) is 29.4. The molecule has 252 valence electrons. The van der Waals surface area contributed by atoms with Gasteiger partial charge in [0.1, 0.15) is 0 Å². The lowest BCUT2D eigenvalue weighted by atomic mass is 9.98. The van der Waals surface area contributed by atoms with E-state index in [1.54, 1.807) is 0 Å². The second kappa shape index (κ2) is 28.2. The summed E-state index contributed by atoms with van der Waals surface area (Å²) in [6.45, 7) is 25.8. The molecule has 1 saturated heterocycles. The fourth-order valence-corrected chi connectivity index (χ4v) is 6.52. The maximum Gasteiger partial charge on any atom is 0.0530 e. The summed E-state index contributed by atoms with van der Waals surface area (Å²) in [6, 6.07) is 0. The lowest BCUT2D eigenvalue weighted by molar-refractivity contribution is -0.0391. The Bertz CT molecular complexity index is 485. The average molecular weight is 598 g/mol. The summed E-state index contributed by atoms with van der Waals surface area (Å²) in [5.74, 6) is 2.50. The Morgan fingerprint density at radius 2 is 0.690 bits per heavy atom. The quantitative estimate of drug-likeness (QED) is 0.0772. The van der Waals surface area contributed by atoms with Crippen LogP contribution in [0.5, 0.6) is 0 Å². The third-order valence-electron chi connectivity index (χ3n) is 9.32. The Kier molecular flexibility index (Phi) is 26.8. The first-order valence-corrected chi connectivity index (χ1v) is 18.5. The molecular formula is C36H75N3O3. The van der Waals surface area contributed by atoms with Crippen molar-refractivity contribution in [3.63, 3.8) is 0 Å². The number of ether oxygens (including phenoxy) is 3. The van der Waals surface area contributed by atoms with Crippen molar-refractivity contribution in [1.29, 1.82) is 0 Å². The van der Waals surface area contributed by atoms with Crippen molar-refractivity contribution in [2.24, 2.45) is 17.8 Å². The van der Waals surface area contributed by atoms with Crippen molar-refractivity contribution in [2.75, 3.05) is 79.3 Å². The van der Waals surface area contributed by atoms with Crippen LogP contribution >= 0.6 is 0 Å². The summed E-state index contributed by atoms with van der Waals surface area (Å²) in [6.07, 6.45) is 18.7. The van der Waals surface area contributed by atoms with E-state index in [-0.39, 0.29) is 0 Å². The Balaban J connectivity index is 2.39. The topological polar surface area (TPSA) is 37.4 Å². The second-order valence-electron chi connectivity index (χ2n) is 13.1. The van der Waals surface area contributed by atoms with Crippen molar-refractivity contribution < 1.29 is 14.2 Å². The van der Waals surface area contributed by atoms with Gasteiger partial charge in [-0.15, -0.1) is 0 Å². The molecule has 0 aromatic heterocycles. The molecule has 3 unspecified atom stereocenters. The van der Waals surface area contributed by atoms with E-state index in [1.807, 2.05) is 0 Å². The molecule has 1 aliphatic rings. The molecule has 42 heavy (non-hydrogen) atoms. The van der Waals surface area contributed by atoms with E-state index in [0.717, 1.165) is 116 Å². The van der Waals surface area contributed by atoms with Crippen LogP contribution in [0.25, 0.3) is 0 Å². The summed E-state index contributed by atoms with van der Waals surface area (Å²) >= 11 is 0. The van der Waals surface area contributed by atoms with Gasteiger partial charge in [-0.2, -0.15) is 0 Å². The molecule has 0 aromatic carbocycles. The summed E-state index contributed by atoms with van der Waals surface area (Å²) < 4.78 is 18.2. The van der Waals surface area contributed by atoms with E-state index < -0.39 is 0 Å². The summed E-state index contributed by atoms with van der Waals surface area (Å²) in [4.78, 5) is 7.86. The minimum absolute atomic E-state index is 0.834. The van der Waals surface area contributed by atoms with Crippen LogP contribution in [0.2, 0.25) is 0 Å². The molecule has 0 aliphatic carbocycles. The van der Waals surface area contributed by atoms with Crippen LogP contribution in [0.4, 0.5) is 0 Å². The van der Waals surface area contributed by atoms with Crippen LogP contribution in [0, 0.1) is 17.8 Å². The zero-order chi connectivity index (χ0) is 30.7. The molecular weight excluding hydrogens is 522 g/mol. The standard InChI is InChI=1S/C36H75N3O3/c1-7-16-34(10-4)19-28-40-25-13-22-37-31-38(23-14-26-41-29-20-35(11-5)17-8-2)33-39(32-37)24-15-27-42-30-21-36(12-6)18-9-3/h34-36H,7-33H2,1-6H3. The van der Waals surface area contributed by atoms with Crippen molar-refractivity contribution in [3.05, 3.63) is 0 Å². The third kappa shape index (κ3) is 20.7. The first-order valence-electron chi connectivity index (χ1n) is 18.5. The van der Waals surface area contributed by atoms with Crippen molar-refractivity contribution in [2.45, 2.75) is 138 Å². The van der Waals surface area contributed by atoms with E-state index in [9.17, 15) is 0 Å². The van der Waals surface area contributed by atoms with E-state index in [4.69, 9.17) is 14.2 Å². The SMILES string of the molecule is CCCC(CC)CCOCCCN1CN(CCCOCCC(CC)CCC)CN(CCCOCCC(CC)CCC)C1. The summed E-state index contributed by atoms with van der Waals surface area (Å²) in [5.41, 5.74) is 0. The van der Waals surface area contributed by atoms with Gasteiger partial charge >= 0.3 is 0 Å². The fraction of sp³-hybridized carbons (Fsp3) is 1.00. The van der Waals surface area contributed by atoms with Crippen molar-refractivity contribution >= 4 is 0 Å². The highest BCUT2D eigenvalue weighted by atomic mass is 16.5. The highest BCUT2D eigenvalue weighted by Crippen LogP contribution is 2.17. The smallest absolute Gasteiger partial charge is 0.0530 e. The lowest BCUT2D eigenvalue weighted by Gasteiger charge is -2.42. The van der Waals surface area contributed by atoms with Crippen LogP contribution in [0.15, 0.2) is 0 Å². The van der Waals surface area contributed by atoms with E-state index >= 15 is 0 Å². The molecule has 3 atom stereocenters. The molecule has 1 aliphatic heterocycles. The molecule has 0 aromatic rings. The Morgan fingerprint density at radius 3 is 0.929 bits per heavy atom. The maximum atomic E-state index is 6.05. The number of nitrogens with zero attached hydrogens (tertiary/aromatic N) is 3. The number of hydrogen-bond acceptors (Lipinski definition) is 6. The lowest BCUT2D eigenvalue weighted by Crippen LogP contribution is -2.55. The first-order chi connectivity index (χ1) is 20.6. The molecule has 0 saturated carbocycles. The Morgan fingerprint density at radius 1 is 0.405 bits per heavy atom. The molecule has 0 N–H and O–H groups in total. The van der Waals surface area contributed by atoms with Crippen LogP contribution in [0.1, 0.15) is 138 Å². The molecule has 0 radical (unpaired) electrons. The minimum atomic E-state index is 0.834. The molecule has 1 heterocycles.